The number of rotatable bonds is 6. The standard InChI is InChI=1S/C67H56S2/c1-38(40-17-13-11-14-18-40)21-27-52-39(2)47-32-49-45-25-22-43(30-54(45)66(7,8)57(49)34-56(47)64(52,3)4)60-36-62-63(68-60)37-61(69-62)44-23-26-46-50-33-51-48-29-42(41-19-15-12-16-20-41)24-28-53(48)65(5,6)59(51)35-58(50)67(9,10)55(46)31-44/h11-37H,1H2,2-10H3/b27-21-. The molecule has 336 valence electrons. The first-order valence-electron chi connectivity index (χ1n) is 24.6. The van der Waals surface area contributed by atoms with E-state index in [4.69, 9.17) is 0 Å². The van der Waals surface area contributed by atoms with Gasteiger partial charge in [0.1, 0.15) is 0 Å². The van der Waals surface area contributed by atoms with Crippen molar-refractivity contribution in [2.45, 2.75) is 84.0 Å². The van der Waals surface area contributed by atoms with Crippen molar-refractivity contribution in [2.24, 2.45) is 0 Å². The number of benzene rings is 7. The number of hydrogen-bond donors (Lipinski definition) is 0. The minimum Gasteiger partial charge on any atom is -0.134 e. The zero-order valence-electron chi connectivity index (χ0n) is 41.1. The molecule has 4 aliphatic carbocycles. The first-order valence-corrected chi connectivity index (χ1v) is 26.2. The molecule has 9 aromatic rings. The summed E-state index contributed by atoms with van der Waals surface area (Å²) in [5.74, 6) is 0. The van der Waals surface area contributed by atoms with Gasteiger partial charge in [-0.2, -0.15) is 0 Å². The zero-order chi connectivity index (χ0) is 47.5. The normalized spacial score (nSPS) is 16.9. The number of hydrogen-bond acceptors (Lipinski definition) is 2. The lowest BCUT2D eigenvalue weighted by atomic mass is 9.76. The van der Waals surface area contributed by atoms with Crippen molar-refractivity contribution < 1.29 is 0 Å². The molecule has 0 nitrogen and oxygen atoms in total. The van der Waals surface area contributed by atoms with Crippen LogP contribution in [0, 0.1) is 0 Å². The Labute approximate surface area is 416 Å². The molecular formula is C67H56S2. The van der Waals surface area contributed by atoms with Crippen molar-refractivity contribution in [3.8, 4) is 65.4 Å². The van der Waals surface area contributed by atoms with E-state index >= 15 is 0 Å². The highest BCUT2D eigenvalue weighted by Gasteiger charge is 2.44. The Kier molecular flexibility index (Phi) is 8.92. The molecule has 13 rings (SSSR count). The van der Waals surface area contributed by atoms with Crippen LogP contribution in [-0.2, 0) is 21.7 Å². The van der Waals surface area contributed by atoms with Gasteiger partial charge in [-0.15, -0.1) is 22.7 Å². The molecule has 4 aliphatic rings. The Balaban J connectivity index is 0.799. The Morgan fingerprint density at radius 1 is 0.391 bits per heavy atom. The second-order valence-electron chi connectivity index (χ2n) is 22.2. The molecule has 0 spiro atoms. The van der Waals surface area contributed by atoms with Crippen molar-refractivity contribution >= 4 is 43.2 Å². The topological polar surface area (TPSA) is 0 Å². The molecule has 0 amide bonds. The highest BCUT2D eigenvalue weighted by Crippen LogP contribution is 2.59. The third-order valence-corrected chi connectivity index (χ3v) is 19.3. The van der Waals surface area contributed by atoms with Crippen LogP contribution in [0.3, 0.4) is 0 Å². The molecule has 0 aliphatic heterocycles. The quantitative estimate of drug-likeness (QED) is 0.146. The second kappa shape index (κ2) is 14.5. The molecule has 7 aromatic carbocycles. The van der Waals surface area contributed by atoms with Crippen molar-refractivity contribution in [2.75, 3.05) is 0 Å². The molecule has 0 radical (unpaired) electrons. The number of thiophene rings is 2. The largest absolute Gasteiger partial charge is 0.134 e. The molecule has 69 heavy (non-hydrogen) atoms. The first-order chi connectivity index (χ1) is 33.0. The van der Waals surface area contributed by atoms with Crippen molar-refractivity contribution in [1.29, 1.82) is 0 Å². The maximum atomic E-state index is 4.39. The van der Waals surface area contributed by atoms with Crippen molar-refractivity contribution in [1.82, 2.24) is 0 Å². The average molecular weight is 925 g/mol. The molecule has 0 unspecified atom stereocenters. The Bertz CT molecular complexity index is 3740. The van der Waals surface area contributed by atoms with E-state index in [1.165, 1.54) is 130 Å². The minimum atomic E-state index is -0.116. The van der Waals surface area contributed by atoms with E-state index in [1.54, 1.807) is 0 Å². The van der Waals surface area contributed by atoms with E-state index in [2.05, 4.69) is 233 Å². The van der Waals surface area contributed by atoms with Gasteiger partial charge < -0.3 is 0 Å². The van der Waals surface area contributed by atoms with Gasteiger partial charge in [-0.1, -0.05) is 183 Å². The van der Waals surface area contributed by atoms with Crippen LogP contribution in [0.1, 0.15) is 112 Å². The fourth-order valence-corrected chi connectivity index (χ4v) is 15.2. The third kappa shape index (κ3) is 6.04. The molecule has 0 fully saturated rings. The maximum absolute atomic E-state index is 4.39. The summed E-state index contributed by atoms with van der Waals surface area (Å²) in [6, 6.07) is 57.9. The van der Waals surface area contributed by atoms with E-state index in [0.717, 1.165) is 11.1 Å². The monoisotopic (exact) mass is 924 g/mol. The molecule has 0 saturated heterocycles. The molecule has 0 bridgehead atoms. The predicted molar refractivity (Wildman–Crippen MR) is 299 cm³/mol. The van der Waals surface area contributed by atoms with Gasteiger partial charge in [-0.3, -0.25) is 0 Å². The summed E-state index contributed by atoms with van der Waals surface area (Å²) in [5, 5.41) is 0. The van der Waals surface area contributed by atoms with Crippen LogP contribution >= 0.6 is 22.7 Å². The molecular weight excluding hydrogens is 869 g/mol. The molecule has 0 N–H and O–H groups in total. The minimum absolute atomic E-state index is 0.0644. The summed E-state index contributed by atoms with van der Waals surface area (Å²) in [7, 11) is 0. The Hall–Kier alpha value is -6.58. The van der Waals surface area contributed by atoms with Gasteiger partial charge in [0.25, 0.3) is 0 Å². The molecule has 2 aromatic heterocycles. The summed E-state index contributed by atoms with van der Waals surface area (Å²) in [5.41, 5.74) is 29.3. The van der Waals surface area contributed by atoms with Crippen LogP contribution < -0.4 is 0 Å². The van der Waals surface area contributed by atoms with Crippen LogP contribution in [-0.4, -0.2) is 0 Å². The zero-order valence-corrected chi connectivity index (χ0v) is 42.7. The smallest absolute Gasteiger partial charge is 0.0463 e. The summed E-state index contributed by atoms with van der Waals surface area (Å²) in [4.78, 5) is 2.68. The van der Waals surface area contributed by atoms with E-state index in [-0.39, 0.29) is 21.7 Å². The van der Waals surface area contributed by atoms with Crippen molar-refractivity contribution in [3.63, 3.8) is 0 Å². The van der Waals surface area contributed by atoms with Gasteiger partial charge in [0.2, 0.25) is 0 Å². The van der Waals surface area contributed by atoms with E-state index in [0.29, 0.717) is 0 Å². The summed E-state index contributed by atoms with van der Waals surface area (Å²) in [6.07, 6.45) is 4.51. The maximum Gasteiger partial charge on any atom is 0.0463 e. The van der Waals surface area contributed by atoms with Crippen LogP contribution in [0.2, 0.25) is 0 Å². The highest BCUT2D eigenvalue weighted by molar-refractivity contribution is 7.31. The average Bonchev–Trinajstić information content (AvgIpc) is 4.13. The third-order valence-electron chi connectivity index (χ3n) is 16.9. The highest BCUT2D eigenvalue weighted by atomic mass is 32.1. The van der Waals surface area contributed by atoms with Gasteiger partial charge in [0, 0.05) is 40.8 Å². The van der Waals surface area contributed by atoms with Gasteiger partial charge in [-0.25, -0.2) is 0 Å². The molecule has 2 heteroatoms. The fourth-order valence-electron chi connectivity index (χ4n) is 12.8. The number of allylic oxidation sites excluding steroid dienone is 5. The van der Waals surface area contributed by atoms with Crippen LogP contribution in [0.15, 0.2) is 176 Å². The summed E-state index contributed by atoms with van der Waals surface area (Å²) in [6.45, 7) is 26.0. The SMILES string of the molecule is C=C(/C=C\C1=C(C)c2cc3c(cc2C1(C)C)C(C)(C)c1cc(-c2cc4sc(-c5ccc6c(c5)C(C)(C)c5cc7c(cc5-6)-c5cc(-c6ccccc6)ccc5C7(C)C)cc4s2)ccc1-3)c1ccccc1. The van der Waals surface area contributed by atoms with E-state index in [9.17, 15) is 0 Å². The molecule has 0 saturated carbocycles. The van der Waals surface area contributed by atoms with Gasteiger partial charge in [-0.05, 0) is 172 Å². The lowest BCUT2D eigenvalue weighted by Gasteiger charge is -2.27. The first kappa shape index (κ1) is 42.5. The fraction of sp³-hybridized carbons (Fsp3) is 0.194. The van der Waals surface area contributed by atoms with Gasteiger partial charge >= 0.3 is 0 Å². The molecule has 2 heterocycles. The van der Waals surface area contributed by atoms with Crippen LogP contribution in [0.25, 0.3) is 85.9 Å². The van der Waals surface area contributed by atoms with Crippen LogP contribution in [0.4, 0.5) is 0 Å². The Morgan fingerprint density at radius 2 is 0.841 bits per heavy atom. The van der Waals surface area contributed by atoms with Gasteiger partial charge in [0.15, 0.2) is 0 Å². The number of fused-ring (bicyclic) bond motifs is 11. The second-order valence-corrected chi connectivity index (χ2v) is 24.4. The Morgan fingerprint density at radius 3 is 1.41 bits per heavy atom. The summed E-state index contributed by atoms with van der Waals surface area (Å²) < 4.78 is 2.72. The lowest BCUT2D eigenvalue weighted by molar-refractivity contribution is 0.635. The summed E-state index contributed by atoms with van der Waals surface area (Å²) >= 11 is 3.86. The lowest BCUT2D eigenvalue weighted by Crippen LogP contribution is -2.19. The van der Waals surface area contributed by atoms with E-state index < -0.39 is 0 Å². The van der Waals surface area contributed by atoms with E-state index in [1.807, 2.05) is 22.7 Å². The predicted octanol–water partition coefficient (Wildman–Crippen LogP) is 19.2. The molecule has 0 atom stereocenters. The van der Waals surface area contributed by atoms with Crippen LogP contribution in [0.5, 0.6) is 0 Å². The van der Waals surface area contributed by atoms with Gasteiger partial charge in [0.05, 0.1) is 0 Å². The van der Waals surface area contributed by atoms with Crippen molar-refractivity contribution in [3.05, 3.63) is 226 Å².